The fourth-order valence-electron chi connectivity index (χ4n) is 1.41. The summed E-state index contributed by atoms with van der Waals surface area (Å²) in [6, 6.07) is 5.64. The van der Waals surface area contributed by atoms with Crippen molar-refractivity contribution in [3.8, 4) is 11.3 Å². The molecule has 3 rings (SSSR count). The molecular weight excluding hydrogens is 190 g/mol. The average Bonchev–Trinajstić information content (AvgIpc) is 2.74. The molecule has 15 heavy (non-hydrogen) atoms. The predicted octanol–water partition coefficient (Wildman–Crippen LogP) is 1.19. The van der Waals surface area contributed by atoms with Gasteiger partial charge in [0.15, 0.2) is 5.65 Å². The van der Waals surface area contributed by atoms with E-state index in [2.05, 4.69) is 20.3 Å². The fourth-order valence-corrected chi connectivity index (χ4v) is 1.41. The van der Waals surface area contributed by atoms with Gasteiger partial charge < -0.3 is 0 Å². The van der Waals surface area contributed by atoms with Crippen LogP contribution in [-0.2, 0) is 0 Å². The van der Waals surface area contributed by atoms with Crippen LogP contribution in [-0.4, -0.2) is 24.8 Å². The summed E-state index contributed by atoms with van der Waals surface area (Å²) in [5.41, 5.74) is 2.61. The van der Waals surface area contributed by atoms with E-state index in [-0.39, 0.29) is 0 Å². The lowest BCUT2D eigenvalue weighted by Gasteiger charge is -1.90. The molecule has 0 aliphatic rings. The van der Waals surface area contributed by atoms with Crippen molar-refractivity contribution in [3.05, 3.63) is 43.0 Å². The fraction of sp³-hybridized carbons (Fsp3) is 0. The van der Waals surface area contributed by atoms with Gasteiger partial charge in [0.1, 0.15) is 0 Å². The van der Waals surface area contributed by atoms with E-state index in [4.69, 9.17) is 0 Å². The third-order valence-corrected chi connectivity index (χ3v) is 2.12. The molecule has 5 nitrogen and oxygen atoms in total. The topological polar surface area (TPSA) is 56.0 Å². The van der Waals surface area contributed by atoms with E-state index < -0.39 is 0 Å². The summed E-state index contributed by atoms with van der Waals surface area (Å²) < 4.78 is 1.73. The maximum absolute atomic E-state index is 4.42. The van der Waals surface area contributed by atoms with E-state index in [0.717, 1.165) is 16.9 Å². The van der Waals surface area contributed by atoms with Gasteiger partial charge in [-0.1, -0.05) is 0 Å². The van der Waals surface area contributed by atoms with Crippen LogP contribution in [0.2, 0.25) is 0 Å². The summed E-state index contributed by atoms with van der Waals surface area (Å²) in [6.07, 6.45) is 6.92. The molecule has 0 aliphatic carbocycles. The second-order valence-electron chi connectivity index (χ2n) is 3.08. The Labute approximate surface area is 85.4 Å². The summed E-state index contributed by atoms with van der Waals surface area (Å²) in [5.74, 6) is 0. The zero-order valence-electron chi connectivity index (χ0n) is 7.78. The van der Waals surface area contributed by atoms with Crippen LogP contribution in [0.15, 0.2) is 43.0 Å². The van der Waals surface area contributed by atoms with Crippen molar-refractivity contribution in [1.82, 2.24) is 24.8 Å². The van der Waals surface area contributed by atoms with Crippen LogP contribution in [0.1, 0.15) is 0 Å². The molecule has 72 valence electrons. The van der Waals surface area contributed by atoms with Crippen LogP contribution < -0.4 is 0 Å². The highest BCUT2D eigenvalue weighted by molar-refractivity contribution is 5.60. The first-order valence-electron chi connectivity index (χ1n) is 4.51. The number of imidazole rings is 1. The van der Waals surface area contributed by atoms with Gasteiger partial charge >= 0.3 is 0 Å². The Kier molecular flexibility index (Phi) is 1.68. The molecule has 0 spiro atoms. The Morgan fingerprint density at radius 3 is 2.87 bits per heavy atom. The highest BCUT2D eigenvalue weighted by atomic mass is 15.2. The molecular formula is C10H7N5. The van der Waals surface area contributed by atoms with Crippen molar-refractivity contribution in [2.24, 2.45) is 0 Å². The first kappa shape index (κ1) is 8.05. The monoisotopic (exact) mass is 197 g/mol. The second kappa shape index (κ2) is 3.13. The summed E-state index contributed by atoms with van der Waals surface area (Å²) in [5, 5.41) is 11.7. The van der Waals surface area contributed by atoms with E-state index in [1.54, 1.807) is 23.1 Å². The average molecular weight is 197 g/mol. The third-order valence-electron chi connectivity index (χ3n) is 2.12. The minimum absolute atomic E-state index is 0.823. The Balaban J connectivity index is 2.21. The maximum Gasteiger partial charge on any atom is 0.154 e. The van der Waals surface area contributed by atoms with Crippen molar-refractivity contribution in [3.63, 3.8) is 0 Å². The number of rotatable bonds is 1. The van der Waals surface area contributed by atoms with Crippen molar-refractivity contribution in [1.29, 1.82) is 0 Å². The molecule has 0 N–H and O–H groups in total. The molecule has 0 bridgehead atoms. The number of hydrogen-bond acceptors (Lipinski definition) is 4. The van der Waals surface area contributed by atoms with E-state index >= 15 is 0 Å². The number of aromatic nitrogens is 5. The lowest BCUT2D eigenvalue weighted by Crippen LogP contribution is -1.85. The molecule has 5 heteroatoms. The summed E-state index contributed by atoms with van der Waals surface area (Å²) >= 11 is 0. The van der Waals surface area contributed by atoms with Gasteiger partial charge in [0.2, 0.25) is 0 Å². The van der Waals surface area contributed by atoms with Gasteiger partial charge in [0, 0.05) is 11.8 Å². The lowest BCUT2D eigenvalue weighted by molar-refractivity contribution is 0.936. The predicted molar refractivity (Wildman–Crippen MR) is 54.0 cm³/mol. The van der Waals surface area contributed by atoms with Crippen LogP contribution in [0.3, 0.4) is 0 Å². The highest BCUT2D eigenvalue weighted by Crippen LogP contribution is 2.15. The van der Waals surface area contributed by atoms with Gasteiger partial charge in [0.25, 0.3) is 0 Å². The molecule has 0 aliphatic heterocycles. The standard InChI is InChI=1S/C10H7N5/c1-2-10-14-9(7-15(10)13-4-1)8-3-5-11-12-6-8/h1-7H. The van der Waals surface area contributed by atoms with E-state index in [1.165, 1.54) is 0 Å². The molecule has 0 aromatic carbocycles. The lowest BCUT2D eigenvalue weighted by atomic mass is 10.2. The van der Waals surface area contributed by atoms with Gasteiger partial charge in [-0.3, -0.25) is 0 Å². The number of nitrogens with zero attached hydrogens (tertiary/aromatic N) is 5. The Bertz CT molecular complexity index is 554. The summed E-state index contributed by atoms with van der Waals surface area (Å²) in [7, 11) is 0. The van der Waals surface area contributed by atoms with Gasteiger partial charge in [0.05, 0.1) is 24.3 Å². The van der Waals surface area contributed by atoms with Crippen LogP contribution >= 0.6 is 0 Å². The minimum Gasteiger partial charge on any atom is -0.227 e. The zero-order chi connectivity index (χ0) is 10.1. The Hall–Kier alpha value is -2.30. The first-order valence-corrected chi connectivity index (χ1v) is 4.51. The first-order chi connectivity index (χ1) is 7.43. The Morgan fingerprint density at radius 2 is 2.07 bits per heavy atom. The Morgan fingerprint density at radius 1 is 1.07 bits per heavy atom. The minimum atomic E-state index is 0.823. The largest absolute Gasteiger partial charge is 0.227 e. The molecule has 3 heterocycles. The number of fused-ring (bicyclic) bond motifs is 1. The van der Waals surface area contributed by atoms with Crippen LogP contribution in [0.4, 0.5) is 0 Å². The molecule has 0 atom stereocenters. The molecule has 0 unspecified atom stereocenters. The molecule has 0 amide bonds. The highest BCUT2D eigenvalue weighted by Gasteiger charge is 2.03. The summed E-state index contributed by atoms with van der Waals surface area (Å²) in [6.45, 7) is 0. The maximum atomic E-state index is 4.42. The molecule has 3 aromatic heterocycles. The quantitative estimate of drug-likeness (QED) is 0.588. The normalized spacial score (nSPS) is 10.7. The molecule has 0 fully saturated rings. The van der Waals surface area contributed by atoms with Gasteiger partial charge in [-0.05, 0) is 18.2 Å². The third kappa shape index (κ3) is 1.34. The van der Waals surface area contributed by atoms with Crippen LogP contribution in [0, 0.1) is 0 Å². The zero-order valence-corrected chi connectivity index (χ0v) is 7.78. The van der Waals surface area contributed by atoms with Gasteiger partial charge in [-0.15, -0.1) is 0 Å². The van der Waals surface area contributed by atoms with E-state index in [1.807, 2.05) is 24.4 Å². The van der Waals surface area contributed by atoms with Crippen LogP contribution in [0.5, 0.6) is 0 Å². The molecule has 3 aromatic rings. The van der Waals surface area contributed by atoms with Crippen LogP contribution in [0.25, 0.3) is 16.9 Å². The van der Waals surface area contributed by atoms with Crippen molar-refractivity contribution in [2.45, 2.75) is 0 Å². The SMILES string of the molecule is c1cnn2cc(-c3ccnnc3)nc2c1. The van der Waals surface area contributed by atoms with Crippen molar-refractivity contribution < 1.29 is 0 Å². The van der Waals surface area contributed by atoms with Crippen molar-refractivity contribution >= 4 is 5.65 Å². The summed E-state index contributed by atoms with van der Waals surface area (Å²) in [4.78, 5) is 4.42. The van der Waals surface area contributed by atoms with Gasteiger partial charge in [-0.25, -0.2) is 9.50 Å². The number of hydrogen-bond donors (Lipinski definition) is 0. The molecule has 0 saturated carbocycles. The van der Waals surface area contributed by atoms with E-state index in [0.29, 0.717) is 0 Å². The smallest absolute Gasteiger partial charge is 0.154 e. The molecule has 0 saturated heterocycles. The van der Waals surface area contributed by atoms with Crippen molar-refractivity contribution in [2.75, 3.05) is 0 Å². The second-order valence-corrected chi connectivity index (χ2v) is 3.08. The van der Waals surface area contributed by atoms with E-state index in [9.17, 15) is 0 Å². The van der Waals surface area contributed by atoms with Gasteiger partial charge in [-0.2, -0.15) is 15.3 Å². The molecule has 0 radical (unpaired) electrons.